The van der Waals surface area contributed by atoms with Crippen LogP contribution in [0.25, 0.3) is 0 Å². The highest BCUT2D eigenvalue weighted by molar-refractivity contribution is 6.31. The second-order valence-electron chi connectivity index (χ2n) is 5.07. The fraction of sp³-hybridized carbons (Fsp3) is 0.278. The van der Waals surface area contributed by atoms with E-state index in [2.05, 4.69) is 5.32 Å². The summed E-state index contributed by atoms with van der Waals surface area (Å²) in [6, 6.07) is 12.6. The van der Waals surface area contributed by atoms with Gasteiger partial charge in [-0.15, -0.1) is 0 Å². The Morgan fingerprint density at radius 2 is 1.83 bits per heavy atom. The van der Waals surface area contributed by atoms with Crippen LogP contribution < -0.4 is 14.8 Å². The second kappa shape index (κ2) is 7.88. The van der Waals surface area contributed by atoms with Gasteiger partial charge in [-0.1, -0.05) is 17.7 Å². The van der Waals surface area contributed by atoms with Crippen molar-refractivity contribution in [2.75, 3.05) is 11.9 Å². The third-order valence-corrected chi connectivity index (χ3v) is 3.75. The lowest BCUT2D eigenvalue weighted by atomic mass is 10.2. The Morgan fingerprint density at radius 3 is 2.48 bits per heavy atom. The van der Waals surface area contributed by atoms with Gasteiger partial charge in [0.25, 0.3) is 5.91 Å². The molecule has 122 valence electrons. The highest BCUT2D eigenvalue weighted by Gasteiger charge is 2.16. The SMILES string of the molecule is CCOc1ccc(OC(C)C(=O)Nc2cccc(Cl)c2C)cc1. The van der Waals surface area contributed by atoms with Gasteiger partial charge in [0.05, 0.1) is 6.61 Å². The first-order valence-corrected chi connectivity index (χ1v) is 7.84. The Kier molecular flexibility index (Phi) is 5.88. The highest BCUT2D eigenvalue weighted by atomic mass is 35.5. The van der Waals surface area contributed by atoms with Gasteiger partial charge in [-0.2, -0.15) is 0 Å². The van der Waals surface area contributed by atoms with Crippen molar-refractivity contribution in [3.63, 3.8) is 0 Å². The molecule has 2 aromatic rings. The average molecular weight is 334 g/mol. The fourth-order valence-corrected chi connectivity index (χ4v) is 2.19. The maximum Gasteiger partial charge on any atom is 0.265 e. The van der Waals surface area contributed by atoms with E-state index in [0.29, 0.717) is 23.1 Å². The minimum absolute atomic E-state index is 0.232. The molecule has 0 fully saturated rings. The quantitative estimate of drug-likeness (QED) is 0.849. The first kappa shape index (κ1) is 17.2. The van der Waals surface area contributed by atoms with E-state index >= 15 is 0 Å². The summed E-state index contributed by atoms with van der Waals surface area (Å²) in [5.41, 5.74) is 1.51. The lowest BCUT2D eigenvalue weighted by molar-refractivity contribution is -0.122. The van der Waals surface area contributed by atoms with E-state index in [1.807, 2.05) is 32.0 Å². The van der Waals surface area contributed by atoms with Crippen LogP contribution in [0.4, 0.5) is 5.69 Å². The summed E-state index contributed by atoms with van der Waals surface area (Å²) < 4.78 is 11.0. The minimum atomic E-state index is -0.633. The molecule has 1 unspecified atom stereocenters. The van der Waals surface area contributed by atoms with Crippen molar-refractivity contribution >= 4 is 23.2 Å². The van der Waals surface area contributed by atoms with Crippen molar-refractivity contribution in [3.05, 3.63) is 53.1 Å². The van der Waals surface area contributed by atoms with Gasteiger partial charge in [0.15, 0.2) is 6.10 Å². The van der Waals surface area contributed by atoms with Crippen LogP contribution in [-0.2, 0) is 4.79 Å². The lowest BCUT2D eigenvalue weighted by Gasteiger charge is -2.16. The first-order chi connectivity index (χ1) is 11.0. The van der Waals surface area contributed by atoms with E-state index in [1.54, 1.807) is 31.2 Å². The molecule has 23 heavy (non-hydrogen) atoms. The number of anilines is 1. The van der Waals surface area contributed by atoms with Crippen molar-refractivity contribution < 1.29 is 14.3 Å². The van der Waals surface area contributed by atoms with Crippen LogP contribution in [0, 0.1) is 6.92 Å². The Morgan fingerprint density at radius 1 is 1.17 bits per heavy atom. The number of amides is 1. The number of hydrogen-bond donors (Lipinski definition) is 1. The van der Waals surface area contributed by atoms with Gasteiger partial charge in [-0.05, 0) is 62.7 Å². The number of benzene rings is 2. The third-order valence-electron chi connectivity index (χ3n) is 3.34. The summed E-state index contributed by atoms with van der Waals surface area (Å²) in [4.78, 5) is 12.2. The molecule has 0 bridgehead atoms. The molecule has 2 aromatic carbocycles. The van der Waals surface area contributed by atoms with Gasteiger partial charge in [0, 0.05) is 10.7 Å². The largest absolute Gasteiger partial charge is 0.494 e. The standard InChI is InChI=1S/C18H20ClNO3/c1-4-22-14-8-10-15(11-9-14)23-13(3)18(21)20-17-7-5-6-16(19)12(17)2/h5-11,13H,4H2,1-3H3,(H,20,21). The lowest BCUT2D eigenvalue weighted by Crippen LogP contribution is -2.30. The Balaban J connectivity index is 1.98. The smallest absolute Gasteiger partial charge is 0.265 e. The van der Waals surface area contributed by atoms with Gasteiger partial charge in [0.2, 0.25) is 0 Å². The molecule has 1 atom stereocenters. The van der Waals surface area contributed by atoms with Gasteiger partial charge >= 0.3 is 0 Å². The topological polar surface area (TPSA) is 47.6 Å². The molecule has 1 N–H and O–H groups in total. The molecule has 0 radical (unpaired) electrons. The van der Waals surface area contributed by atoms with Crippen molar-refractivity contribution in [1.29, 1.82) is 0 Å². The molecule has 0 aliphatic carbocycles. The van der Waals surface area contributed by atoms with E-state index in [4.69, 9.17) is 21.1 Å². The number of nitrogens with one attached hydrogen (secondary N) is 1. The average Bonchev–Trinajstić information content (AvgIpc) is 2.54. The number of carbonyl (C=O) groups excluding carboxylic acids is 1. The minimum Gasteiger partial charge on any atom is -0.494 e. The van der Waals surface area contributed by atoms with Gasteiger partial charge in [-0.3, -0.25) is 4.79 Å². The van der Waals surface area contributed by atoms with Crippen molar-refractivity contribution in [1.82, 2.24) is 0 Å². The Bertz CT molecular complexity index is 670. The van der Waals surface area contributed by atoms with E-state index < -0.39 is 6.10 Å². The molecule has 0 saturated carbocycles. The molecule has 0 aliphatic rings. The molecule has 2 rings (SSSR count). The number of ether oxygens (including phenoxy) is 2. The van der Waals surface area contributed by atoms with Gasteiger partial charge in [-0.25, -0.2) is 0 Å². The summed E-state index contributed by atoms with van der Waals surface area (Å²) in [6.45, 7) is 6.09. The van der Waals surface area contributed by atoms with Crippen molar-refractivity contribution in [2.24, 2.45) is 0 Å². The number of halogens is 1. The molecule has 0 aromatic heterocycles. The highest BCUT2D eigenvalue weighted by Crippen LogP contribution is 2.23. The molecule has 0 saturated heterocycles. The number of carbonyl (C=O) groups is 1. The van der Waals surface area contributed by atoms with Crippen molar-refractivity contribution in [3.8, 4) is 11.5 Å². The van der Waals surface area contributed by atoms with E-state index in [-0.39, 0.29) is 5.91 Å². The van der Waals surface area contributed by atoms with Crippen LogP contribution in [0.1, 0.15) is 19.4 Å². The molecule has 1 amide bonds. The Labute approximate surface area is 141 Å². The van der Waals surface area contributed by atoms with Crippen LogP contribution in [0.3, 0.4) is 0 Å². The van der Waals surface area contributed by atoms with E-state index in [1.165, 1.54) is 0 Å². The van der Waals surface area contributed by atoms with E-state index in [9.17, 15) is 4.79 Å². The van der Waals surface area contributed by atoms with Crippen LogP contribution in [-0.4, -0.2) is 18.6 Å². The third kappa shape index (κ3) is 4.63. The van der Waals surface area contributed by atoms with Crippen molar-refractivity contribution in [2.45, 2.75) is 26.9 Å². The summed E-state index contributed by atoms with van der Waals surface area (Å²) in [7, 11) is 0. The van der Waals surface area contributed by atoms with E-state index in [0.717, 1.165) is 11.3 Å². The maximum atomic E-state index is 12.2. The first-order valence-electron chi connectivity index (χ1n) is 7.46. The monoisotopic (exact) mass is 333 g/mol. The maximum absolute atomic E-state index is 12.2. The molecule has 0 heterocycles. The molecule has 4 nitrogen and oxygen atoms in total. The number of hydrogen-bond acceptors (Lipinski definition) is 3. The van der Waals surface area contributed by atoms with Crippen LogP contribution in [0.15, 0.2) is 42.5 Å². The van der Waals surface area contributed by atoms with Crippen LogP contribution in [0.2, 0.25) is 5.02 Å². The summed E-state index contributed by atoms with van der Waals surface area (Å²) >= 11 is 6.05. The molecule has 5 heteroatoms. The number of rotatable bonds is 6. The zero-order valence-corrected chi connectivity index (χ0v) is 14.2. The molecular weight excluding hydrogens is 314 g/mol. The molecule has 0 aliphatic heterocycles. The predicted molar refractivity (Wildman–Crippen MR) is 92.5 cm³/mol. The summed E-state index contributed by atoms with van der Waals surface area (Å²) in [6.07, 6.45) is -0.633. The summed E-state index contributed by atoms with van der Waals surface area (Å²) in [5, 5.41) is 3.44. The van der Waals surface area contributed by atoms with Crippen LogP contribution >= 0.6 is 11.6 Å². The van der Waals surface area contributed by atoms with Gasteiger partial charge < -0.3 is 14.8 Å². The predicted octanol–water partition coefficient (Wildman–Crippen LogP) is 4.45. The normalized spacial score (nSPS) is 11.7. The second-order valence-corrected chi connectivity index (χ2v) is 5.47. The summed E-state index contributed by atoms with van der Waals surface area (Å²) in [5.74, 6) is 1.15. The molecular formula is C18H20ClNO3. The van der Waals surface area contributed by atoms with Crippen LogP contribution in [0.5, 0.6) is 11.5 Å². The fourth-order valence-electron chi connectivity index (χ4n) is 2.02. The Hall–Kier alpha value is -2.20. The molecule has 0 spiro atoms. The zero-order valence-electron chi connectivity index (χ0n) is 13.4. The van der Waals surface area contributed by atoms with Gasteiger partial charge in [0.1, 0.15) is 11.5 Å². The zero-order chi connectivity index (χ0) is 16.8.